The minimum Gasteiger partial charge on any atom is -0.143 e. The van der Waals surface area contributed by atoms with Crippen LogP contribution in [0.4, 0.5) is 0 Å². The molecule has 0 nitrogen and oxygen atoms in total. The first-order valence-corrected chi connectivity index (χ1v) is 8.01. The van der Waals surface area contributed by atoms with Crippen LogP contribution in [0, 0.1) is 13.8 Å². The van der Waals surface area contributed by atoms with Crippen LogP contribution in [-0.2, 0) is 0 Å². The van der Waals surface area contributed by atoms with E-state index in [1.807, 2.05) is 6.07 Å². The molecule has 0 aromatic heterocycles. The van der Waals surface area contributed by atoms with Gasteiger partial charge in [-0.3, -0.25) is 0 Å². The summed E-state index contributed by atoms with van der Waals surface area (Å²) in [5.41, 5.74) is 6.42. The Balaban J connectivity index is 2.16. The molecular weight excluding hydrogens is 284 g/mol. The molecule has 110 valence electrons. The van der Waals surface area contributed by atoms with E-state index in [1.54, 1.807) is 0 Å². The molecule has 3 rings (SSSR count). The zero-order valence-corrected chi connectivity index (χ0v) is 13.8. The molecule has 0 fully saturated rings. The van der Waals surface area contributed by atoms with Crippen LogP contribution in [0.2, 0.25) is 0 Å². The molecule has 3 aromatic carbocycles. The lowest BCUT2D eigenvalue weighted by Gasteiger charge is -2.21. The van der Waals surface area contributed by atoms with Crippen molar-refractivity contribution in [3.05, 3.63) is 101 Å². The molecule has 1 heteroatoms. The first-order chi connectivity index (χ1) is 10.6. The summed E-state index contributed by atoms with van der Waals surface area (Å²) in [6.07, 6.45) is 0. The van der Waals surface area contributed by atoms with Gasteiger partial charge >= 0.3 is 0 Å². The highest BCUT2D eigenvalue weighted by molar-refractivity contribution is 7.80. The van der Waals surface area contributed by atoms with E-state index >= 15 is 0 Å². The molecule has 3 aromatic rings. The zero-order chi connectivity index (χ0) is 15.5. The second-order valence-corrected chi connectivity index (χ2v) is 6.30. The Morgan fingerprint density at radius 3 is 1.55 bits per heavy atom. The van der Waals surface area contributed by atoms with Crippen molar-refractivity contribution < 1.29 is 0 Å². The third-order valence-electron chi connectivity index (χ3n) is 4.07. The van der Waals surface area contributed by atoms with Crippen molar-refractivity contribution in [3.8, 4) is 0 Å². The maximum atomic E-state index is 4.68. The predicted octanol–water partition coefficient (Wildman–Crippen LogP) is 5.77. The summed E-state index contributed by atoms with van der Waals surface area (Å²) < 4.78 is 0. The lowest BCUT2D eigenvalue weighted by Crippen LogP contribution is -2.04. The van der Waals surface area contributed by atoms with Crippen molar-refractivity contribution in [3.63, 3.8) is 0 Å². The first kappa shape index (κ1) is 14.9. The summed E-state index contributed by atoms with van der Waals surface area (Å²) in [4.78, 5) is 1.04. The van der Waals surface area contributed by atoms with Crippen molar-refractivity contribution in [2.45, 2.75) is 24.7 Å². The topological polar surface area (TPSA) is 0 Å². The van der Waals surface area contributed by atoms with E-state index in [4.69, 9.17) is 0 Å². The fourth-order valence-corrected chi connectivity index (χ4v) is 3.09. The molecule has 0 amide bonds. The molecule has 22 heavy (non-hydrogen) atoms. The molecule has 0 saturated carbocycles. The monoisotopic (exact) mass is 304 g/mol. The highest BCUT2D eigenvalue weighted by Crippen LogP contribution is 2.35. The molecule has 0 radical (unpaired) electrons. The SMILES string of the molecule is Cc1ccc(C(c2ccc(C)cc2)c2ccccc2S)cc1. The van der Waals surface area contributed by atoms with Crippen LogP contribution in [0.25, 0.3) is 0 Å². The number of thiol groups is 1. The number of rotatable bonds is 3. The smallest absolute Gasteiger partial charge is 0.0350 e. The van der Waals surface area contributed by atoms with Crippen LogP contribution in [0.1, 0.15) is 33.7 Å². The van der Waals surface area contributed by atoms with Crippen LogP contribution < -0.4 is 0 Å². The summed E-state index contributed by atoms with van der Waals surface area (Å²) >= 11 is 4.68. The van der Waals surface area contributed by atoms with Crippen molar-refractivity contribution in [2.24, 2.45) is 0 Å². The van der Waals surface area contributed by atoms with Crippen molar-refractivity contribution in [1.82, 2.24) is 0 Å². The average molecular weight is 304 g/mol. The van der Waals surface area contributed by atoms with Gasteiger partial charge in [0.05, 0.1) is 0 Å². The molecule has 0 aliphatic heterocycles. The summed E-state index contributed by atoms with van der Waals surface area (Å²) in [5.74, 6) is 0.217. The average Bonchev–Trinajstić information content (AvgIpc) is 2.53. The second kappa shape index (κ2) is 6.41. The Morgan fingerprint density at radius 2 is 1.09 bits per heavy atom. The highest BCUT2D eigenvalue weighted by Gasteiger charge is 2.18. The van der Waals surface area contributed by atoms with Gasteiger partial charge in [0.15, 0.2) is 0 Å². The number of hydrogen-bond acceptors (Lipinski definition) is 1. The third-order valence-corrected chi connectivity index (χ3v) is 4.48. The Labute approximate surface area is 138 Å². The molecule has 0 aliphatic rings. The van der Waals surface area contributed by atoms with Gasteiger partial charge in [-0.15, -0.1) is 12.6 Å². The Kier molecular flexibility index (Phi) is 4.35. The zero-order valence-electron chi connectivity index (χ0n) is 13.0. The van der Waals surface area contributed by atoms with E-state index in [1.165, 1.54) is 27.8 Å². The van der Waals surface area contributed by atoms with E-state index in [-0.39, 0.29) is 5.92 Å². The highest BCUT2D eigenvalue weighted by atomic mass is 32.1. The predicted molar refractivity (Wildman–Crippen MR) is 97.0 cm³/mol. The van der Waals surface area contributed by atoms with Crippen LogP contribution in [0.3, 0.4) is 0 Å². The van der Waals surface area contributed by atoms with Crippen molar-refractivity contribution in [1.29, 1.82) is 0 Å². The van der Waals surface area contributed by atoms with E-state index < -0.39 is 0 Å². The van der Waals surface area contributed by atoms with Crippen molar-refractivity contribution in [2.75, 3.05) is 0 Å². The summed E-state index contributed by atoms with van der Waals surface area (Å²) in [6, 6.07) is 26.0. The Hall–Kier alpha value is -1.99. The van der Waals surface area contributed by atoms with Gasteiger partial charge in [-0.2, -0.15) is 0 Å². The Bertz CT molecular complexity index is 709. The maximum Gasteiger partial charge on any atom is 0.0350 e. The van der Waals surface area contributed by atoms with Crippen LogP contribution in [0.15, 0.2) is 77.7 Å². The summed E-state index contributed by atoms with van der Waals surface area (Å²) in [7, 11) is 0. The number of benzene rings is 3. The van der Waals surface area contributed by atoms with Gasteiger partial charge in [0, 0.05) is 10.8 Å². The quantitative estimate of drug-likeness (QED) is 0.461. The van der Waals surface area contributed by atoms with Crippen LogP contribution >= 0.6 is 12.6 Å². The van der Waals surface area contributed by atoms with Gasteiger partial charge in [-0.1, -0.05) is 77.9 Å². The minimum atomic E-state index is 0.217. The molecule has 0 unspecified atom stereocenters. The van der Waals surface area contributed by atoms with Gasteiger partial charge in [0.25, 0.3) is 0 Å². The number of aryl methyl sites for hydroxylation is 2. The largest absolute Gasteiger partial charge is 0.143 e. The lowest BCUT2D eigenvalue weighted by molar-refractivity contribution is 0.944. The van der Waals surface area contributed by atoms with Crippen molar-refractivity contribution >= 4 is 12.6 Å². The molecule has 0 saturated heterocycles. The summed E-state index contributed by atoms with van der Waals surface area (Å²) in [6.45, 7) is 4.24. The first-order valence-electron chi connectivity index (χ1n) is 7.56. The van der Waals surface area contributed by atoms with Gasteiger partial charge in [-0.05, 0) is 36.6 Å². The number of hydrogen-bond donors (Lipinski definition) is 1. The fraction of sp³-hybridized carbons (Fsp3) is 0.143. The third kappa shape index (κ3) is 3.10. The molecule has 0 spiro atoms. The second-order valence-electron chi connectivity index (χ2n) is 5.81. The molecule has 0 aliphatic carbocycles. The van der Waals surface area contributed by atoms with Gasteiger partial charge in [0.2, 0.25) is 0 Å². The molecule has 0 bridgehead atoms. The summed E-state index contributed by atoms with van der Waals surface area (Å²) in [5, 5.41) is 0. The van der Waals surface area contributed by atoms with E-state index in [9.17, 15) is 0 Å². The van der Waals surface area contributed by atoms with Crippen LogP contribution in [-0.4, -0.2) is 0 Å². The van der Waals surface area contributed by atoms with E-state index in [0.29, 0.717) is 0 Å². The van der Waals surface area contributed by atoms with Crippen LogP contribution in [0.5, 0.6) is 0 Å². The van der Waals surface area contributed by atoms with Gasteiger partial charge in [-0.25, -0.2) is 0 Å². The standard InChI is InChI=1S/C21H20S/c1-15-7-11-17(12-8-15)21(18-13-9-16(2)10-14-18)19-5-3-4-6-20(19)22/h3-14,21-22H,1-2H3. The lowest BCUT2D eigenvalue weighted by atomic mass is 9.84. The maximum absolute atomic E-state index is 4.68. The van der Waals surface area contributed by atoms with E-state index in [0.717, 1.165) is 4.90 Å². The van der Waals surface area contributed by atoms with Gasteiger partial charge in [0.1, 0.15) is 0 Å². The Morgan fingerprint density at radius 1 is 0.636 bits per heavy atom. The molecular formula is C21H20S. The molecule has 0 atom stereocenters. The normalized spacial score (nSPS) is 10.9. The van der Waals surface area contributed by atoms with E-state index in [2.05, 4.69) is 93.2 Å². The van der Waals surface area contributed by atoms with Gasteiger partial charge < -0.3 is 0 Å². The fourth-order valence-electron chi connectivity index (χ4n) is 2.80. The minimum absolute atomic E-state index is 0.217. The molecule has 0 N–H and O–H groups in total. The molecule has 0 heterocycles.